The van der Waals surface area contributed by atoms with Crippen LogP contribution in [0.1, 0.15) is 26.4 Å². The van der Waals surface area contributed by atoms with Crippen molar-refractivity contribution in [2.45, 2.75) is 18.1 Å². The first-order chi connectivity index (χ1) is 8.11. The zero-order chi connectivity index (χ0) is 12.4. The highest BCUT2D eigenvalue weighted by atomic mass is 32.2. The Labute approximate surface area is 110 Å². The van der Waals surface area contributed by atoms with Gasteiger partial charge in [0.05, 0.1) is 4.21 Å². The Morgan fingerprint density at radius 3 is 2.41 bits per heavy atom. The van der Waals surface area contributed by atoms with E-state index in [0.29, 0.717) is 0 Å². The second-order valence-corrected chi connectivity index (χ2v) is 6.29. The molecule has 1 nitrogen and oxygen atoms in total. The molecule has 0 saturated carbocycles. The number of carbonyl (C=O) groups excluding carboxylic acids is 1. The number of hydrogen-bond donors (Lipinski definition) is 0. The number of hydrogen-bond acceptors (Lipinski definition) is 3. The van der Waals surface area contributed by atoms with Crippen molar-refractivity contribution >= 4 is 28.9 Å². The zero-order valence-electron chi connectivity index (χ0n) is 10.1. The average Bonchev–Trinajstić information content (AvgIpc) is 2.70. The summed E-state index contributed by atoms with van der Waals surface area (Å²) in [4.78, 5) is 13.5. The Kier molecular flexibility index (Phi) is 3.69. The smallest absolute Gasteiger partial charge is 0.195 e. The molecule has 0 amide bonds. The predicted molar refractivity (Wildman–Crippen MR) is 75.4 cm³/mol. The van der Waals surface area contributed by atoms with Gasteiger partial charge >= 0.3 is 0 Å². The molecule has 3 heteroatoms. The molecule has 1 heterocycles. The molecule has 0 bridgehead atoms. The van der Waals surface area contributed by atoms with E-state index >= 15 is 0 Å². The molecule has 0 saturated heterocycles. The highest BCUT2D eigenvalue weighted by molar-refractivity contribution is 8.00. The van der Waals surface area contributed by atoms with E-state index in [0.717, 1.165) is 15.3 Å². The third kappa shape index (κ3) is 2.61. The van der Waals surface area contributed by atoms with E-state index in [2.05, 4.69) is 0 Å². The minimum absolute atomic E-state index is 0.124. The first-order valence-electron chi connectivity index (χ1n) is 5.37. The molecule has 0 atom stereocenters. The first kappa shape index (κ1) is 12.4. The minimum atomic E-state index is 0.124. The van der Waals surface area contributed by atoms with Crippen LogP contribution in [-0.4, -0.2) is 12.0 Å². The summed E-state index contributed by atoms with van der Waals surface area (Å²) in [5.74, 6) is 0.124. The van der Waals surface area contributed by atoms with E-state index in [9.17, 15) is 4.79 Å². The van der Waals surface area contributed by atoms with Crippen molar-refractivity contribution in [1.29, 1.82) is 0 Å². The average molecular weight is 262 g/mol. The summed E-state index contributed by atoms with van der Waals surface area (Å²) >= 11 is 3.32. The number of thiophene rings is 1. The zero-order valence-corrected chi connectivity index (χ0v) is 11.7. The van der Waals surface area contributed by atoms with Gasteiger partial charge in [0.15, 0.2) is 5.78 Å². The van der Waals surface area contributed by atoms with Gasteiger partial charge in [0, 0.05) is 16.0 Å². The van der Waals surface area contributed by atoms with E-state index in [1.165, 1.54) is 10.4 Å². The van der Waals surface area contributed by atoms with E-state index in [1.807, 2.05) is 50.4 Å². The highest BCUT2D eigenvalue weighted by Crippen LogP contribution is 2.31. The summed E-state index contributed by atoms with van der Waals surface area (Å²) in [6.07, 6.45) is 2.01. The Hall–Kier alpha value is -1.06. The molecule has 1 aromatic carbocycles. The summed E-state index contributed by atoms with van der Waals surface area (Å²) in [7, 11) is 0. The van der Waals surface area contributed by atoms with E-state index in [4.69, 9.17) is 0 Å². The van der Waals surface area contributed by atoms with Crippen LogP contribution < -0.4 is 0 Å². The maximum absolute atomic E-state index is 12.3. The normalized spacial score (nSPS) is 10.5. The van der Waals surface area contributed by atoms with Gasteiger partial charge in [-0.15, -0.1) is 23.1 Å². The lowest BCUT2D eigenvalue weighted by Crippen LogP contribution is -2.00. The molecule has 0 fully saturated rings. The fraction of sp³-hybridized carbons (Fsp3) is 0.214. The molecular formula is C14H14OS2. The number of carbonyl (C=O) groups is 1. The Balaban J connectivity index is 2.39. The third-order valence-corrected chi connectivity index (χ3v) is 4.75. The van der Waals surface area contributed by atoms with Crippen LogP contribution in [0.5, 0.6) is 0 Å². The minimum Gasteiger partial charge on any atom is -0.289 e. The van der Waals surface area contributed by atoms with Gasteiger partial charge in [-0.1, -0.05) is 29.8 Å². The van der Waals surface area contributed by atoms with Crippen LogP contribution in [0.25, 0.3) is 0 Å². The second kappa shape index (κ2) is 5.07. The lowest BCUT2D eigenvalue weighted by Gasteiger charge is -2.01. The van der Waals surface area contributed by atoms with Crippen LogP contribution in [-0.2, 0) is 0 Å². The van der Waals surface area contributed by atoms with Gasteiger partial charge in [0.25, 0.3) is 0 Å². The van der Waals surface area contributed by atoms with Gasteiger partial charge in [-0.25, -0.2) is 0 Å². The summed E-state index contributed by atoms with van der Waals surface area (Å²) < 4.78 is 1.10. The summed E-state index contributed by atoms with van der Waals surface area (Å²) in [5, 5.41) is 0. The number of benzene rings is 1. The van der Waals surface area contributed by atoms with E-state index < -0.39 is 0 Å². The molecule has 17 heavy (non-hydrogen) atoms. The molecule has 0 aliphatic heterocycles. The van der Waals surface area contributed by atoms with Crippen molar-refractivity contribution in [3.63, 3.8) is 0 Å². The van der Waals surface area contributed by atoms with Crippen molar-refractivity contribution in [2.24, 2.45) is 0 Å². The standard InChI is InChI=1S/C14H14OS2/c1-9-4-6-11(7-5-9)13(15)12-8-10(2)17-14(12)16-3/h4-8H,1-3H3. The highest BCUT2D eigenvalue weighted by Gasteiger charge is 2.15. The largest absolute Gasteiger partial charge is 0.289 e. The SMILES string of the molecule is CSc1sc(C)cc1C(=O)c1ccc(C)cc1. The van der Waals surface area contributed by atoms with Gasteiger partial charge in [0.1, 0.15) is 0 Å². The summed E-state index contributed by atoms with van der Waals surface area (Å²) in [5.41, 5.74) is 2.78. The maximum Gasteiger partial charge on any atom is 0.195 e. The van der Waals surface area contributed by atoms with Gasteiger partial charge < -0.3 is 0 Å². The number of thioether (sulfide) groups is 1. The molecule has 0 radical (unpaired) electrons. The van der Waals surface area contributed by atoms with Crippen LogP contribution in [0.4, 0.5) is 0 Å². The molecule has 0 N–H and O–H groups in total. The molecular weight excluding hydrogens is 248 g/mol. The number of rotatable bonds is 3. The fourth-order valence-electron chi connectivity index (χ4n) is 1.66. The third-order valence-electron chi connectivity index (χ3n) is 2.56. The summed E-state index contributed by atoms with van der Waals surface area (Å²) in [6.45, 7) is 4.06. The van der Waals surface area contributed by atoms with Gasteiger partial charge in [-0.2, -0.15) is 0 Å². The molecule has 2 aromatic rings. The lowest BCUT2D eigenvalue weighted by atomic mass is 10.0. The summed E-state index contributed by atoms with van der Waals surface area (Å²) in [6, 6.07) is 9.73. The van der Waals surface area contributed by atoms with E-state index in [-0.39, 0.29) is 5.78 Å². The van der Waals surface area contributed by atoms with Gasteiger partial charge in [0.2, 0.25) is 0 Å². The van der Waals surface area contributed by atoms with Crippen molar-refractivity contribution in [3.05, 3.63) is 51.9 Å². The number of ketones is 1. The van der Waals surface area contributed by atoms with Crippen molar-refractivity contribution in [2.75, 3.05) is 6.26 Å². The molecule has 0 spiro atoms. The predicted octanol–water partition coefficient (Wildman–Crippen LogP) is 4.32. The Morgan fingerprint density at radius 1 is 1.18 bits per heavy atom. The van der Waals surface area contributed by atoms with Gasteiger partial charge in [-0.3, -0.25) is 4.79 Å². The Morgan fingerprint density at radius 2 is 1.82 bits per heavy atom. The lowest BCUT2D eigenvalue weighted by molar-refractivity contribution is 0.103. The fourth-order valence-corrected chi connectivity index (χ4v) is 3.49. The molecule has 88 valence electrons. The van der Waals surface area contributed by atoms with Crippen molar-refractivity contribution in [1.82, 2.24) is 0 Å². The molecule has 2 rings (SSSR count). The van der Waals surface area contributed by atoms with Crippen LogP contribution >= 0.6 is 23.1 Å². The van der Waals surface area contributed by atoms with Crippen molar-refractivity contribution < 1.29 is 4.79 Å². The molecule has 1 aromatic heterocycles. The van der Waals surface area contributed by atoms with Crippen LogP contribution in [0, 0.1) is 13.8 Å². The van der Waals surface area contributed by atoms with Crippen molar-refractivity contribution in [3.8, 4) is 0 Å². The monoisotopic (exact) mass is 262 g/mol. The van der Waals surface area contributed by atoms with Crippen LogP contribution in [0.15, 0.2) is 34.5 Å². The van der Waals surface area contributed by atoms with E-state index in [1.54, 1.807) is 23.1 Å². The first-order valence-corrected chi connectivity index (χ1v) is 7.41. The molecule has 0 aliphatic carbocycles. The topological polar surface area (TPSA) is 17.1 Å². The molecule has 0 unspecified atom stereocenters. The Bertz CT molecular complexity index is 538. The van der Waals surface area contributed by atoms with Gasteiger partial charge in [-0.05, 0) is 26.2 Å². The number of aryl methyl sites for hydroxylation is 2. The second-order valence-electron chi connectivity index (χ2n) is 3.96. The van der Waals surface area contributed by atoms with Crippen LogP contribution in [0.3, 0.4) is 0 Å². The molecule has 0 aliphatic rings. The maximum atomic E-state index is 12.3. The quantitative estimate of drug-likeness (QED) is 0.605. The van der Waals surface area contributed by atoms with Crippen LogP contribution in [0.2, 0.25) is 0 Å².